The van der Waals surface area contributed by atoms with Gasteiger partial charge in [0.05, 0.1) is 33.8 Å². The molecule has 0 aromatic carbocycles. The smallest absolute Gasteiger partial charge is 0.456 e. The Bertz CT molecular complexity index is 1480. The molecular formula is C71H138N2O7P+. The van der Waals surface area contributed by atoms with Crippen LogP contribution in [0.3, 0.4) is 0 Å². The van der Waals surface area contributed by atoms with Crippen molar-refractivity contribution in [1.82, 2.24) is 5.32 Å². The molecule has 10 heteroatoms. The molecule has 0 bridgehead atoms. The third-order valence-corrected chi connectivity index (χ3v) is 17.1. The summed E-state index contributed by atoms with van der Waals surface area (Å²) < 4.78 is 30.8. The van der Waals surface area contributed by atoms with Gasteiger partial charge in [-0.1, -0.05) is 314 Å². The van der Waals surface area contributed by atoms with Crippen LogP contribution < -0.4 is 5.32 Å². The minimum Gasteiger partial charge on any atom is -0.456 e. The molecule has 0 heterocycles. The zero-order valence-corrected chi connectivity index (χ0v) is 55.7. The van der Waals surface area contributed by atoms with Gasteiger partial charge in [-0.05, 0) is 63.9 Å². The first kappa shape index (κ1) is 79.2. The maximum Gasteiger partial charge on any atom is 0.472 e. The summed E-state index contributed by atoms with van der Waals surface area (Å²) in [5.41, 5.74) is 0. The third-order valence-electron chi connectivity index (χ3n) is 16.1. The molecule has 0 saturated heterocycles. The Morgan fingerprint density at radius 3 is 1.14 bits per heavy atom. The molecule has 0 spiro atoms. The highest BCUT2D eigenvalue weighted by Gasteiger charge is 2.30. The molecule has 0 aliphatic heterocycles. The lowest BCUT2D eigenvalue weighted by Crippen LogP contribution is -2.47. The number of hydrogen-bond acceptors (Lipinski definition) is 6. The van der Waals surface area contributed by atoms with Gasteiger partial charge >= 0.3 is 13.8 Å². The van der Waals surface area contributed by atoms with Crippen LogP contribution in [0.15, 0.2) is 36.5 Å². The Labute approximate surface area is 504 Å². The minimum atomic E-state index is -4.45. The molecule has 3 atom stereocenters. The summed E-state index contributed by atoms with van der Waals surface area (Å²) in [7, 11) is 1.51. The number of amides is 1. The number of hydrogen-bond donors (Lipinski definition) is 2. The van der Waals surface area contributed by atoms with Crippen molar-refractivity contribution in [2.45, 2.75) is 367 Å². The fourth-order valence-electron chi connectivity index (χ4n) is 10.6. The molecule has 0 fully saturated rings. The summed E-state index contributed by atoms with van der Waals surface area (Å²) >= 11 is 0. The highest BCUT2D eigenvalue weighted by Crippen LogP contribution is 2.43. The summed E-state index contributed by atoms with van der Waals surface area (Å²) in [5.74, 6) is -0.492. The summed E-state index contributed by atoms with van der Waals surface area (Å²) in [5, 5.41) is 3.07. The number of phosphoric acid groups is 1. The zero-order chi connectivity index (χ0) is 59.3. The second-order valence-electron chi connectivity index (χ2n) is 25.4. The van der Waals surface area contributed by atoms with E-state index in [1.165, 1.54) is 257 Å². The van der Waals surface area contributed by atoms with E-state index in [2.05, 4.69) is 50.4 Å². The molecule has 0 saturated carbocycles. The quantitative estimate of drug-likeness (QED) is 0.0205. The Hall–Kier alpha value is -1.77. The van der Waals surface area contributed by atoms with Crippen molar-refractivity contribution >= 4 is 19.7 Å². The summed E-state index contributed by atoms with van der Waals surface area (Å²) in [4.78, 5) is 37.8. The van der Waals surface area contributed by atoms with E-state index in [9.17, 15) is 19.0 Å². The third kappa shape index (κ3) is 62.6. The first-order valence-corrected chi connectivity index (χ1v) is 36.8. The monoisotopic (exact) mass is 1160 g/mol. The van der Waals surface area contributed by atoms with Crippen LogP contribution in [0.4, 0.5) is 0 Å². The highest BCUT2D eigenvalue weighted by atomic mass is 31.2. The number of nitrogens with one attached hydrogen (secondary N) is 1. The van der Waals surface area contributed by atoms with Crippen molar-refractivity contribution in [3.63, 3.8) is 0 Å². The SMILES string of the molecule is CCCCC/C=C\C/C=C\CCCCCCCCCCCC(=O)NC(COP(=O)(O)OCC[N+](C)(C)C)C(/C=C\CCCCCCCCCCC)OC(=O)CCCCCCCCCCCCCCCCCCCCCCCCCCC. The van der Waals surface area contributed by atoms with Crippen LogP contribution in [0, 0.1) is 0 Å². The summed E-state index contributed by atoms with van der Waals surface area (Å²) in [6, 6.07) is -0.847. The van der Waals surface area contributed by atoms with E-state index in [4.69, 9.17) is 13.8 Å². The molecule has 478 valence electrons. The van der Waals surface area contributed by atoms with Gasteiger partial charge in [0.1, 0.15) is 19.3 Å². The van der Waals surface area contributed by atoms with Crippen LogP contribution in [0.5, 0.6) is 0 Å². The number of quaternary nitrogens is 1. The molecule has 0 aliphatic rings. The number of phosphoric ester groups is 1. The van der Waals surface area contributed by atoms with Crippen LogP contribution in [0.2, 0.25) is 0 Å². The Morgan fingerprint density at radius 2 is 0.753 bits per heavy atom. The molecule has 0 rings (SSSR count). The first-order chi connectivity index (χ1) is 39.4. The number of unbranched alkanes of at least 4 members (excludes halogenated alkanes) is 45. The standard InChI is InChI=1S/C71H137N2O7P/c1-7-10-13-16-19-22-25-27-29-31-33-34-35-36-37-38-40-42-44-46-49-52-55-58-61-64-71(75)80-69(62-59-56-53-50-47-24-21-18-15-12-9-3)68(67-79-81(76,77)78-66-65-73(4,5)6)72-70(74)63-60-57-54-51-48-45-43-41-39-32-30-28-26-23-20-17-14-11-8-2/h20,23,28,30,59,62,68-69H,7-19,21-22,24-27,29,31-58,60-61,63-67H2,1-6H3,(H-,72,74,76,77)/p+1/b23-20-,30-28-,62-59-. The van der Waals surface area contributed by atoms with Gasteiger partial charge in [0.25, 0.3) is 0 Å². The van der Waals surface area contributed by atoms with Crippen LogP contribution in [0.1, 0.15) is 355 Å². The largest absolute Gasteiger partial charge is 0.472 e. The molecule has 1 amide bonds. The number of ether oxygens (including phenoxy) is 1. The summed E-state index contributed by atoms with van der Waals surface area (Å²) in [6.07, 6.45) is 75.9. The van der Waals surface area contributed by atoms with Gasteiger partial charge in [-0.15, -0.1) is 0 Å². The van der Waals surface area contributed by atoms with E-state index in [0.717, 1.165) is 64.2 Å². The fraction of sp³-hybridized carbons (Fsp3) is 0.887. The first-order valence-electron chi connectivity index (χ1n) is 35.3. The van der Waals surface area contributed by atoms with Crippen LogP contribution in [-0.2, 0) is 27.9 Å². The molecule has 3 unspecified atom stereocenters. The Kier molecular flexibility index (Phi) is 60.0. The minimum absolute atomic E-state index is 0.0418. The molecular weight excluding hydrogens is 1020 g/mol. The molecule has 0 aromatic heterocycles. The molecule has 0 aliphatic carbocycles. The van der Waals surface area contributed by atoms with Crippen LogP contribution in [-0.4, -0.2) is 74.3 Å². The van der Waals surface area contributed by atoms with Gasteiger partial charge in [-0.2, -0.15) is 0 Å². The molecule has 81 heavy (non-hydrogen) atoms. The maximum absolute atomic E-state index is 13.6. The van der Waals surface area contributed by atoms with Gasteiger partial charge in [-0.3, -0.25) is 18.6 Å². The van der Waals surface area contributed by atoms with E-state index in [-0.39, 0.29) is 25.1 Å². The molecule has 2 N–H and O–H groups in total. The Morgan fingerprint density at radius 1 is 0.432 bits per heavy atom. The fourth-order valence-corrected chi connectivity index (χ4v) is 11.4. The van der Waals surface area contributed by atoms with Gasteiger partial charge in [0.2, 0.25) is 5.91 Å². The number of allylic oxidation sites excluding steroid dienone is 5. The average molecular weight is 1160 g/mol. The average Bonchev–Trinajstić information content (AvgIpc) is 3.43. The molecule has 0 radical (unpaired) electrons. The van der Waals surface area contributed by atoms with Crippen molar-refractivity contribution < 1.29 is 37.3 Å². The number of rotatable bonds is 65. The van der Waals surface area contributed by atoms with Crippen LogP contribution in [0.25, 0.3) is 0 Å². The lowest BCUT2D eigenvalue weighted by atomic mass is 10.0. The number of esters is 1. The van der Waals surface area contributed by atoms with Gasteiger partial charge in [0, 0.05) is 12.8 Å². The maximum atomic E-state index is 13.6. The Balaban J connectivity index is 4.99. The van der Waals surface area contributed by atoms with E-state index < -0.39 is 20.0 Å². The normalized spacial score (nSPS) is 13.7. The second-order valence-corrected chi connectivity index (χ2v) is 26.9. The predicted octanol–water partition coefficient (Wildman–Crippen LogP) is 22.2. The number of likely N-dealkylation sites (N-methyl/N-ethyl adjacent to an activating group) is 1. The van der Waals surface area contributed by atoms with Crippen molar-refractivity contribution in [2.24, 2.45) is 0 Å². The lowest BCUT2D eigenvalue weighted by molar-refractivity contribution is -0.870. The second kappa shape index (κ2) is 61.3. The molecule has 0 aromatic rings. The van der Waals surface area contributed by atoms with Gasteiger partial charge < -0.3 is 19.4 Å². The molecule has 9 nitrogen and oxygen atoms in total. The topological polar surface area (TPSA) is 111 Å². The van der Waals surface area contributed by atoms with E-state index in [0.29, 0.717) is 23.9 Å². The zero-order valence-electron chi connectivity index (χ0n) is 54.8. The van der Waals surface area contributed by atoms with Gasteiger partial charge in [0.15, 0.2) is 0 Å². The van der Waals surface area contributed by atoms with E-state index >= 15 is 0 Å². The highest BCUT2D eigenvalue weighted by molar-refractivity contribution is 7.47. The van der Waals surface area contributed by atoms with Crippen molar-refractivity contribution in [1.29, 1.82) is 0 Å². The van der Waals surface area contributed by atoms with Crippen molar-refractivity contribution in [3.8, 4) is 0 Å². The van der Waals surface area contributed by atoms with Crippen molar-refractivity contribution in [3.05, 3.63) is 36.5 Å². The van der Waals surface area contributed by atoms with E-state index in [1.807, 2.05) is 33.3 Å². The lowest BCUT2D eigenvalue weighted by Gasteiger charge is -2.27. The number of carbonyl (C=O) groups is 2. The number of nitrogens with zero attached hydrogens (tertiary/aromatic N) is 1. The van der Waals surface area contributed by atoms with Gasteiger partial charge in [-0.25, -0.2) is 4.57 Å². The predicted molar refractivity (Wildman–Crippen MR) is 351 cm³/mol. The van der Waals surface area contributed by atoms with E-state index in [1.54, 1.807) is 0 Å². The van der Waals surface area contributed by atoms with Crippen molar-refractivity contribution in [2.75, 3.05) is 40.9 Å². The van der Waals surface area contributed by atoms with Crippen LogP contribution >= 0.6 is 7.82 Å². The summed E-state index contributed by atoms with van der Waals surface area (Å²) in [6.45, 7) is 7.04. The number of carbonyl (C=O) groups excluding carboxylic acids is 2.